The molecule has 0 unspecified atom stereocenters. The molecule has 1 aromatic heterocycles. The quantitative estimate of drug-likeness (QED) is 0.732. The lowest BCUT2D eigenvalue weighted by atomic mass is 9.99. The number of fused-ring (bicyclic) bond motifs is 1. The molecule has 4 heteroatoms. The van der Waals surface area contributed by atoms with Crippen molar-refractivity contribution in [3.63, 3.8) is 0 Å². The summed E-state index contributed by atoms with van der Waals surface area (Å²) >= 11 is 0. The minimum atomic E-state index is -0.116. The molecule has 3 rings (SSSR count). The van der Waals surface area contributed by atoms with E-state index in [-0.39, 0.29) is 5.91 Å². The second-order valence-corrected chi connectivity index (χ2v) is 5.84. The molecule has 0 saturated heterocycles. The van der Waals surface area contributed by atoms with Crippen LogP contribution < -0.4 is 10.1 Å². The van der Waals surface area contributed by atoms with Crippen LogP contribution in [0.4, 0.5) is 5.69 Å². The topological polar surface area (TPSA) is 51.2 Å². The summed E-state index contributed by atoms with van der Waals surface area (Å²) in [6, 6.07) is 15.2. The first-order chi connectivity index (χ1) is 12.1. The minimum absolute atomic E-state index is 0.116. The monoisotopic (exact) mass is 334 g/mol. The van der Waals surface area contributed by atoms with Crippen LogP contribution >= 0.6 is 0 Å². The van der Waals surface area contributed by atoms with Crippen LogP contribution in [-0.4, -0.2) is 17.5 Å². The number of aryl methyl sites for hydroxylation is 1. The molecule has 1 amide bonds. The van der Waals surface area contributed by atoms with Gasteiger partial charge in [0.15, 0.2) is 0 Å². The number of nitrogens with zero attached hydrogens (tertiary/aromatic N) is 1. The Morgan fingerprint density at radius 2 is 1.80 bits per heavy atom. The highest BCUT2D eigenvalue weighted by atomic mass is 16.5. The van der Waals surface area contributed by atoms with Crippen molar-refractivity contribution in [3.8, 4) is 5.75 Å². The van der Waals surface area contributed by atoms with E-state index in [9.17, 15) is 4.79 Å². The zero-order valence-corrected chi connectivity index (χ0v) is 14.8. The summed E-state index contributed by atoms with van der Waals surface area (Å²) in [5.41, 5.74) is 4.17. The molecule has 0 atom stereocenters. The first kappa shape index (κ1) is 17.0. The molecule has 25 heavy (non-hydrogen) atoms. The number of ether oxygens (including phenoxy) is 1. The molecular weight excluding hydrogens is 312 g/mol. The summed E-state index contributed by atoms with van der Waals surface area (Å²) in [6.07, 6.45) is 0.792. The molecule has 0 aliphatic heterocycles. The van der Waals surface area contributed by atoms with E-state index in [1.54, 1.807) is 0 Å². The smallest absolute Gasteiger partial charge is 0.256 e. The van der Waals surface area contributed by atoms with Crippen LogP contribution in [0, 0.1) is 6.92 Å². The average molecular weight is 334 g/mol. The average Bonchev–Trinajstić information content (AvgIpc) is 2.63. The number of anilines is 1. The van der Waals surface area contributed by atoms with E-state index in [1.807, 2.05) is 62.4 Å². The number of aromatic nitrogens is 1. The van der Waals surface area contributed by atoms with Gasteiger partial charge in [-0.25, -0.2) is 0 Å². The van der Waals surface area contributed by atoms with Crippen molar-refractivity contribution in [1.29, 1.82) is 0 Å². The fraction of sp³-hybridized carbons (Fsp3) is 0.238. The van der Waals surface area contributed by atoms with E-state index >= 15 is 0 Å². The van der Waals surface area contributed by atoms with Gasteiger partial charge in [-0.15, -0.1) is 0 Å². The maximum absolute atomic E-state index is 13.0. The van der Waals surface area contributed by atoms with Gasteiger partial charge in [-0.2, -0.15) is 0 Å². The Morgan fingerprint density at radius 3 is 2.48 bits per heavy atom. The number of hydrogen-bond acceptors (Lipinski definition) is 3. The molecule has 0 aliphatic carbocycles. The highest BCUT2D eigenvalue weighted by molar-refractivity contribution is 6.13. The Balaban J connectivity index is 1.97. The molecule has 2 aromatic carbocycles. The van der Waals surface area contributed by atoms with Crippen molar-refractivity contribution in [3.05, 3.63) is 65.4 Å². The number of benzene rings is 2. The van der Waals surface area contributed by atoms with E-state index < -0.39 is 0 Å². The summed E-state index contributed by atoms with van der Waals surface area (Å²) in [4.78, 5) is 17.6. The van der Waals surface area contributed by atoms with Crippen molar-refractivity contribution in [2.75, 3.05) is 11.9 Å². The van der Waals surface area contributed by atoms with Crippen molar-refractivity contribution in [2.45, 2.75) is 27.2 Å². The molecule has 4 nitrogen and oxygen atoms in total. The number of amides is 1. The highest BCUT2D eigenvalue weighted by Crippen LogP contribution is 2.25. The number of carbonyl (C=O) groups excluding carboxylic acids is 1. The normalized spacial score (nSPS) is 10.7. The van der Waals surface area contributed by atoms with E-state index in [2.05, 4.69) is 17.2 Å². The van der Waals surface area contributed by atoms with Gasteiger partial charge in [-0.1, -0.05) is 25.1 Å². The number of nitrogens with one attached hydrogen (secondary N) is 1. The van der Waals surface area contributed by atoms with Crippen molar-refractivity contribution < 1.29 is 9.53 Å². The van der Waals surface area contributed by atoms with Gasteiger partial charge in [0.05, 0.1) is 17.7 Å². The predicted octanol–water partition coefficient (Wildman–Crippen LogP) is 4.76. The number of hydrogen-bond donors (Lipinski definition) is 1. The molecule has 0 spiro atoms. The standard InChI is InChI=1S/C21H22N2O2/c1-4-18-14(3)20(17-8-6-7-9-19(17)23-18)21(24)22-15-10-12-16(13-11-15)25-5-2/h6-13H,4-5H2,1-3H3,(H,22,24). The summed E-state index contributed by atoms with van der Waals surface area (Å²) in [7, 11) is 0. The molecule has 0 radical (unpaired) electrons. The summed E-state index contributed by atoms with van der Waals surface area (Å²) in [5.74, 6) is 0.675. The molecule has 3 aromatic rings. The lowest BCUT2D eigenvalue weighted by Gasteiger charge is -2.14. The number of para-hydroxylation sites is 1. The molecule has 128 valence electrons. The van der Waals surface area contributed by atoms with Gasteiger partial charge >= 0.3 is 0 Å². The van der Waals surface area contributed by atoms with Gasteiger partial charge in [0.25, 0.3) is 5.91 Å². The fourth-order valence-corrected chi connectivity index (χ4v) is 2.99. The third-order valence-electron chi connectivity index (χ3n) is 4.22. The van der Waals surface area contributed by atoms with Crippen LogP contribution in [0.2, 0.25) is 0 Å². The van der Waals surface area contributed by atoms with Crippen LogP contribution in [-0.2, 0) is 6.42 Å². The van der Waals surface area contributed by atoms with Gasteiger partial charge in [-0.3, -0.25) is 9.78 Å². The molecular formula is C21H22N2O2. The lowest BCUT2D eigenvalue weighted by molar-refractivity contribution is 0.102. The molecule has 0 aliphatic rings. The van der Waals surface area contributed by atoms with Gasteiger partial charge in [0, 0.05) is 16.8 Å². The van der Waals surface area contributed by atoms with Gasteiger partial charge < -0.3 is 10.1 Å². The predicted molar refractivity (Wildman–Crippen MR) is 101 cm³/mol. The van der Waals surface area contributed by atoms with E-state index in [4.69, 9.17) is 4.74 Å². The molecule has 0 fully saturated rings. The Kier molecular flexibility index (Phi) is 4.98. The van der Waals surface area contributed by atoms with Crippen LogP contribution in [0.1, 0.15) is 35.5 Å². The van der Waals surface area contributed by atoms with Crippen LogP contribution in [0.15, 0.2) is 48.5 Å². The fourth-order valence-electron chi connectivity index (χ4n) is 2.99. The maximum Gasteiger partial charge on any atom is 0.256 e. The molecule has 1 heterocycles. The Bertz CT molecular complexity index is 902. The van der Waals surface area contributed by atoms with Gasteiger partial charge in [0.1, 0.15) is 5.75 Å². The second-order valence-electron chi connectivity index (χ2n) is 5.84. The zero-order valence-electron chi connectivity index (χ0n) is 14.8. The maximum atomic E-state index is 13.0. The lowest BCUT2D eigenvalue weighted by Crippen LogP contribution is -2.15. The number of pyridine rings is 1. The van der Waals surface area contributed by atoms with E-state index in [0.717, 1.165) is 40.0 Å². The Morgan fingerprint density at radius 1 is 1.08 bits per heavy atom. The summed E-state index contributed by atoms with van der Waals surface area (Å²) in [6.45, 7) is 6.58. The summed E-state index contributed by atoms with van der Waals surface area (Å²) in [5, 5.41) is 3.87. The molecule has 1 N–H and O–H groups in total. The van der Waals surface area contributed by atoms with E-state index in [1.165, 1.54) is 0 Å². The van der Waals surface area contributed by atoms with E-state index in [0.29, 0.717) is 12.2 Å². The van der Waals surface area contributed by atoms with Crippen LogP contribution in [0.25, 0.3) is 10.9 Å². The molecule has 0 saturated carbocycles. The number of rotatable bonds is 5. The van der Waals surface area contributed by atoms with Gasteiger partial charge in [-0.05, 0) is 56.2 Å². The van der Waals surface area contributed by atoms with Crippen molar-refractivity contribution >= 4 is 22.5 Å². The highest BCUT2D eigenvalue weighted by Gasteiger charge is 2.17. The van der Waals surface area contributed by atoms with Crippen molar-refractivity contribution in [2.24, 2.45) is 0 Å². The van der Waals surface area contributed by atoms with Crippen LogP contribution in [0.5, 0.6) is 5.75 Å². The van der Waals surface area contributed by atoms with Crippen LogP contribution in [0.3, 0.4) is 0 Å². The zero-order chi connectivity index (χ0) is 17.8. The van der Waals surface area contributed by atoms with Crippen molar-refractivity contribution in [1.82, 2.24) is 4.98 Å². The number of carbonyl (C=O) groups is 1. The Hall–Kier alpha value is -2.88. The second kappa shape index (κ2) is 7.34. The van der Waals surface area contributed by atoms with Gasteiger partial charge in [0.2, 0.25) is 0 Å². The minimum Gasteiger partial charge on any atom is -0.494 e. The Labute approximate surface area is 147 Å². The first-order valence-corrected chi connectivity index (χ1v) is 8.56. The SMILES string of the molecule is CCOc1ccc(NC(=O)c2c(C)c(CC)nc3ccccc23)cc1. The third-order valence-corrected chi connectivity index (χ3v) is 4.22. The molecule has 0 bridgehead atoms. The summed E-state index contributed by atoms with van der Waals surface area (Å²) < 4.78 is 5.44. The largest absolute Gasteiger partial charge is 0.494 e. The third kappa shape index (κ3) is 3.48. The first-order valence-electron chi connectivity index (χ1n) is 8.56.